The Morgan fingerprint density at radius 3 is 2.48 bits per heavy atom. The Hall–Kier alpha value is -2.36. The summed E-state index contributed by atoms with van der Waals surface area (Å²) in [7, 11) is 0. The van der Waals surface area contributed by atoms with Crippen LogP contribution in [0.25, 0.3) is 11.0 Å². The molecular formula is C21H23F5N2O3. The van der Waals surface area contributed by atoms with E-state index in [-0.39, 0.29) is 60.9 Å². The van der Waals surface area contributed by atoms with Gasteiger partial charge < -0.3 is 19.7 Å². The number of anilines is 1. The van der Waals surface area contributed by atoms with Gasteiger partial charge >= 0.3 is 6.18 Å². The molecule has 1 saturated carbocycles. The van der Waals surface area contributed by atoms with Crippen molar-refractivity contribution < 1.29 is 36.3 Å². The van der Waals surface area contributed by atoms with E-state index in [0.29, 0.717) is 12.8 Å². The summed E-state index contributed by atoms with van der Waals surface area (Å²) in [4.78, 5) is 13.6. The van der Waals surface area contributed by atoms with Gasteiger partial charge in [-0.3, -0.25) is 4.79 Å². The molecule has 1 aliphatic heterocycles. The third kappa shape index (κ3) is 4.22. The highest BCUT2D eigenvalue weighted by atomic mass is 19.4. The van der Waals surface area contributed by atoms with Crippen LogP contribution >= 0.6 is 0 Å². The summed E-state index contributed by atoms with van der Waals surface area (Å²) in [5.74, 6) is -4.89. The number of fused-ring (bicyclic) bond motifs is 3. The number of hydrogen-bond acceptors (Lipinski definition) is 4. The lowest BCUT2D eigenvalue weighted by molar-refractivity contribution is -0.137. The van der Waals surface area contributed by atoms with Crippen molar-refractivity contribution in [2.75, 3.05) is 31.1 Å². The minimum atomic E-state index is -4.62. The number of rotatable bonds is 4. The Balaban J connectivity index is 1.69. The van der Waals surface area contributed by atoms with Crippen LogP contribution in [0.1, 0.15) is 41.8 Å². The fourth-order valence-electron chi connectivity index (χ4n) is 4.53. The van der Waals surface area contributed by atoms with Crippen LogP contribution in [-0.2, 0) is 6.18 Å². The van der Waals surface area contributed by atoms with Gasteiger partial charge in [0.25, 0.3) is 11.8 Å². The summed E-state index contributed by atoms with van der Waals surface area (Å²) < 4.78 is 75.5. The number of alkyl halides is 5. The fraction of sp³-hybridized carbons (Fsp3) is 0.571. The zero-order valence-electron chi connectivity index (χ0n) is 16.6. The summed E-state index contributed by atoms with van der Waals surface area (Å²) in [6, 6.07) is 2.78. The second kappa shape index (κ2) is 7.96. The molecule has 0 unspecified atom stereocenters. The smallest absolute Gasteiger partial charge is 0.416 e. The predicted octanol–water partition coefficient (Wildman–Crippen LogP) is 4.44. The van der Waals surface area contributed by atoms with Gasteiger partial charge in [-0.15, -0.1) is 0 Å². The van der Waals surface area contributed by atoms with Gasteiger partial charge in [0.05, 0.1) is 17.8 Å². The second-order valence-electron chi connectivity index (χ2n) is 8.33. The molecule has 10 heteroatoms. The van der Waals surface area contributed by atoms with Crippen LogP contribution in [0.2, 0.25) is 0 Å². The van der Waals surface area contributed by atoms with E-state index >= 15 is 8.78 Å². The van der Waals surface area contributed by atoms with Gasteiger partial charge in [-0.2, -0.15) is 13.2 Å². The molecule has 0 bridgehead atoms. The van der Waals surface area contributed by atoms with Crippen LogP contribution in [0.4, 0.5) is 27.6 Å². The molecule has 2 heterocycles. The van der Waals surface area contributed by atoms with Crippen molar-refractivity contribution in [2.45, 2.75) is 37.8 Å². The van der Waals surface area contributed by atoms with Crippen molar-refractivity contribution in [1.29, 1.82) is 0 Å². The first-order valence-corrected chi connectivity index (χ1v) is 10.3. The molecule has 1 aromatic carbocycles. The zero-order valence-corrected chi connectivity index (χ0v) is 16.6. The van der Waals surface area contributed by atoms with Crippen LogP contribution in [-0.4, -0.2) is 43.2 Å². The third-order valence-electron chi connectivity index (χ3n) is 6.28. The van der Waals surface area contributed by atoms with Crippen LogP contribution < -0.4 is 10.2 Å². The Morgan fingerprint density at radius 2 is 1.84 bits per heavy atom. The summed E-state index contributed by atoms with van der Waals surface area (Å²) in [6.45, 7) is -0.666. The number of halogens is 5. The molecule has 0 spiro atoms. The van der Waals surface area contributed by atoms with Crippen molar-refractivity contribution in [3.8, 4) is 0 Å². The highest BCUT2D eigenvalue weighted by Crippen LogP contribution is 2.43. The monoisotopic (exact) mass is 446 g/mol. The van der Waals surface area contributed by atoms with Crippen molar-refractivity contribution in [3.63, 3.8) is 0 Å². The van der Waals surface area contributed by atoms with E-state index < -0.39 is 36.0 Å². The van der Waals surface area contributed by atoms with Crippen molar-refractivity contribution >= 4 is 22.6 Å². The molecule has 1 amide bonds. The third-order valence-corrected chi connectivity index (χ3v) is 6.28. The van der Waals surface area contributed by atoms with E-state index in [4.69, 9.17) is 4.42 Å². The number of hydrogen-bond donors (Lipinski definition) is 2. The lowest BCUT2D eigenvalue weighted by Gasteiger charge is -2.36. The second-order valence-corrected chi connectivity index (χ2v) is 8.33. The van der Waals surface area contributed by atoms with E-state index in [9.17, 15) is 23.1 Å². The lowest BCUT2D eigenvalue weighted by atomic mass is 9.79. The molecule has 1 aliphatic carbocycles. The first kappa shape index (κ1) is 21.9. The van der Waals surface area contributed by atoms with Gasteiger partial charge in [0.2, 0.25) is 5.76 Å². The van der Waals surface area contributed by atoms with Crippen molar-refractivity contribution in [3.05, 3.63) is 29.5 Å². The van der Waals surface area contributed by atoms with Crippen LogP contribution in [0.5, 0.6) is 0 Å². The van der Waals surface area contributed by atoms with Crippen molar-refractivity contribution in [1.82, 2.24) is 5.32 Å². The van der Waals surface area contributed by atoms with E-state index in [1.54, 1.807) is 0 Å². The van der Waals surface area contributed by atoms with Gasteiger partial charge in [-0.05, 0) is 49.8 Å². The average molecular weight is 446 g/mol. The summed E-state index contributed by atoms with van der Waals surface area (Å²) in [5, 5.41) is 11.8. The molecule has 0 radical (unpaired) electrons. The molecule has 2 N–H and O–H groups in total. The van der Waals surface area contributed by atoms with Gasteiger partial charge in [0.1, 0.15) is 5.58 Å². The Bertz CT molecular complexity index is 964. The number of carbonyl (C=O) groups excluding carboxylic acids is 1. The summed E-state index contributed by atoms with van der Waals surface area (Å²) >= 11 is 0. The fourth-order valence-corrected chi connectivity index (χ4v) is 4.53. The normalized spacial score (nSPS) is 22.9. The quantitative estimate of drug-likeness (QED) is 0.682. The number of benzene rings is 1. The van der Waals surface area contributed by atoms with Gasteiger partial charge in [-0.25, -0.2) is 8.78 Å². The number of aliphatic hydroxyl groups is 1. The number of nitrogens with one attached hydrogen (secondary N) is 1. The number of aliphatic hydroxyl groups excluding tert-OH is 1. The van der Waals surface area contributed by atoms with E-state index in [2.05, 4.69) is 5.32 Å². The maximum atomic E-state index is 15.2. The molecule has 2 aliphatic rings. The Labute approximate surface area is 175 Å². The summed E-state index contributed by atoms with van der Waals surface area (Å²) in [6.07, 6.45) is -3.08. The van der Waals surface area contributed by atoms with Gasteiger partial charge in [0, 0.05) is 31.0 Å². The standard InChI is InChI=1S/C21H23F5N2O3/c22-20(23,13-3-1-12(10-29)2-4-13)11-28-8-7-27-19(30)18-17(28)15-9-14(21(24,25)26)5-6-16(15)31-18/h5-6,9,12-13,29H,1-4,7-8,10-11H2,(H,27,30). The number of carbonyl (C=O) groups is 1. The molecule has 1 aromatic heterocycles. The first-order chi connectivity index (χ1) is 14.6. The molecule has 0 saturated heterocycles. The molecule has 5 nitrogen and oxygen atoms in total. The number of furan rings is 1. The highest BCUT2D eigenvalue weighted by molar-refractivity contribution is 6.07. The predicted molar refractivity (Wildman–Crippen MR) is 103 cm³/mol. The van der Waals surface area contributed by atoms with Crippen LogP contribution in [0.3, 0.4) is 0 Å². The molecule has 31 heavy (non-hydrogen) atoms. The van der Waals surface area contributed by atoms with Crippen LogP contribution in [0, 0.1) is 11.8 Å². The first-order valence-electron chi connectivity index (χ1n) is 10.3. The van der Waals surface area contributed by atoms with Gasteiger partial charge in [-0.1, -0.05) is 0 Å². The SMILES string of the molecule is O=C1NCCN(CC(F)(F)C2CCC(CO)CC2)c2c1oc1ccc(C(F)(F)F)cc21. The molecule has 1 fully saturated rings. The average Bonchev–Trinajstić information content (AvgIpc) is 3.04. The largest absolute Gasteiger partial charge is 0.449 e. The van der Waals surface area contributed by atoms with Crippen molar-refractivity contribution in [2.24, 2.45) is 11.8 Å². The van der Waals surface area contributed by atoms with E-state index in [0.717, 1.165) is 18.2 Å². The number of amides is 1. The van der Waals surface area contributed by atoms with E-state index in [1.165, 1.54) is 4.90 Å². The minimum absolute atomic E-state index is 0.0123. The van der Waals surface area contributed by atoms with E-state index in [1.807, 2.05) is 0 Å². The van der Waals surface area contributed by atoms with Gasteiger partial charge in [0.15, 0.2) is 0 Å². The molecule has 2 aromatic rings. The maximum absolute atomic E-state index is 15.2. The summed E-state index contributed by atoms with van der Waals surface area (Å²) in [5.41, 5.74) is -0.936. The molecule has 0 atom stereocenters. The molecule has 4 rings (SSSR count). The van der Waals surface area contributed by atoms with Crippen LogP contribution in [0.15, 0.2) is 22.6 Å². The molecule has 170 valence electrons. The zero-order chi connectivity index (χ0) is 22.4. The topological polar surface area (TPSA) is 65.7 Å². The maximum Gasteiger partial charge on any atom is 0.416 e. The minimum Gasteiger partial charge on any atom is -0.449 e. The molecular weight excluding hydrogens is 423 g/mol. The Kier molecular flexibility index (Phi) is 5.61. The Morgan fingerprint density at radius 1 is 1.13 bits per heavy atom. The lowest BCUT2D eigenvalue weighted by Crippen LogP contribution is -2.44. The highest BCUT2D eigenvalue weighted by Gasteiger charge is 2.44. The number of nitrogens with zero attached hydrogens (tertiary/aromatic N) is 1.